The lowest BCUT2D eigenvalue weighted by Gasteiger charge is -1.95. The fourth-order valence-corrected chi connectivity index (χ4v) is 0.620. The fourth-order valence-electron chi connectivity index (χ4n) is 0.620. The zero-order chi connectivity index (χ0) is 9.56. The standard InChI is InChI=1S/C11H17F/c1-5-9(3)7-8-11(12)10(4)6-2/h7-8H,3,5-6H2,1-2,4H3/b8-7-,11-10-. The van der Waals surface area contributed by atoms with Crippen molar-refractivity contribution in [1.82, 2.24) is 0 Å². The quantitative estimate of drug-likeness (QED) is 0.553. The lowest BCUT2D eigenvalue weighted by Crippen LogP contribution is -1.77. The van der Waals surface area contributed by atoms with E-state index in [1.807, 2.05) is 13.8 Å². The molecule has 0 fully saturated rings. The van der Waals surface area contributed by atoms with Gasteiger partial charge in [-0.25, -0.2) is 4.39 Å². The van der Waals surface area contributed by atoms with E-state index in [2.05, 4.69) is 6.58 Å². The van der Waals surface area contributed by atoms with Crippen LogP contribution in [-0.2, 0) is 0 Å². The van der Waals surface area contributed by atoms with E-state index in [4.69, 9.17) is 0 Å². The van der Waals surface area contributed by atoms with Crippen molar-refractivity contribution in [3.05, 3.63) is 35.7 Å². The zero-order valence-corrected chi connectivity index (χ0v) is 8.15. The van der Waals surface area contributed by atoms with E-state index in [9.17, 15) is 4.39 Å². The molecule has 12 heavy (non-hydrogen) atoms. The molecule has 0 bridgehead atoms. The maximum Gasteiger partial charge on any atom is 0.122 e. The molecule has 0 spiro atoms. The molecule has 0 aromatic rings. The van der Waals surface area contributed by atoms with Gasteiger partial charge < -0.3 is 0 Å². The summed E-state index contributed by atoms with van der Waals surface area (Å²) >= 11 is 0. The molecular formula is C11H17F. The maximum absolute atomic E-state index is 13.0. The van der Waals surface area contributed by atoms with Gasteiger partial charge in [0.15, 0.2) is 0 Å². The molecule has 0 rings (SSSR count). The smallest absolute Gasteiger partial charge is 0.122 e. The average molecular weight is 168 g/mol. The first-order valence-electron chi connectivity index (χ1n) is 4.32. The molecule has 0 atom stereocenters. The molecule has 0 amide bonds. The van der Waals surface area contributed by atoms with Gasteiger partial charge in [-0.3, -0.25) is 0 Å². The summed E-state index contributed by atoms with van der Waals surface area (Å²) in [7, 11) is 0. The van der Waals surface area contributed by atoms with Crippen LogP contribution in [0.25, 0.3) is 0 Å². The summed E-state index contributed by atoms with van der Waals surface area (Å²) in [6.45, 7) is 9.50. The molecule has 0 aromatic carbocycles. The fraction of sp³-hybridized carbons (Fsp3) is 0.455. The molecule has 0 aliphatic rings. The van der Waals surface area contributed by atoms with Gasteiger partial charge in [-0.1, -0.05) is 32.1 Å². The van der Waals surface area contributed by atoms with Crippen LogP contribution in [0.15, 0.2) is 35.7 Å². The first-order valence-corrected chi connectivity index (χ1v) is 4.32. The summed E-state index contributed by atoms with van der Waals surface area (Å²) in [5, 5.41) is 0. The van der Waals surface area contributed by atoms with Crippen molar-refractivity contribution in [3.63, 3.8) is 0 Å². The van der Waals surface area contributed by atoms with Crippen LogP contribution in [-0.4, -0.2) is 0 Å². The highest BCUT2D eigenvalue weighted by Gasteiger charge is 1.93. The minimum absolute atomic E-state index is 0.132. The molecule has 0 heterocycles. The predicted molar refractivity (Wildman–Crippen MR) is 52.7 cm³/mol. The molecule has 0 nitrogen and oxygen atoms in total. The normalized spacial score (nSPS) is 13.3. The van der Waals surface area contributed by atoms with Gasteiger partial charge in [-0.15, -0.1) is 0 Å². The molecule has 0 aromatic heterocycles. The first-order chi connectivity index (χ1) is 5.61. The Balaban J connectivity index is 4.25. The second kappa shape index (κ2) is 5.76. The highest BCUT2D eigenvalue weighted by atomic mass is 19.1. The van der Waals surface area contributed by atoms with Crippen LogP contribution in [0.3, 0.4) is 0 Å². The van der Waals surface area contributed by atoms with Crippen molar-refractivity contribution in [2.75, 3.05) is 0 Å². The van der Waals surface area contributed by atoms with Crippen molar-refractivity contribution in [2.45, 2.75) is 33.6 Å². The van der Waals surface area contributed by atoms with Gasteiger partial charge in [0.05, 0.1) is 0 Å². The Morgan fingerprint density at radius 2 is 1.83 bits per heavy atom. The molecule has 0 radical (unpaired) electrons. The third-order valence-corrected chi connectivity index (χ3v) is 1.86. The Kier molecular flexibility index (Phi) is 5.35. The molecule has 0 N–H and O–H groups in total. The highest BCUT2D eigenvalue weighted by Crippen LogP contribution is 2.11. The number of allylic oxidation sites excluding steroid dienone is 5. The Hall–Kier alpha value is -0.850. The Labute approximate surface area is 74.5 Å². The SMILES string of the molecule is C=C(/C=C\C(F)=C(/C)CC)CC. The number of hydrogen-bond donors (Lipinski definition) is 0. The molecule has 1 heteroatoms. The minimum Gasteiger partial charge on any atom is -0.207 e. The van der Waals surface area contributed by atoms with E-state index in [1.54, 1.807) is 13.0 Å². The van der Waals surface area contributed by atoms with Gasteiger partial charge in [0.25, 0.3) is 0 Å². The van der Waals surface area contributed by atoms with E-state index in [-0.39, 0.29) is 5.83 Å². The van der Waals surface area contributed by atoms with E-state index in [0.29, 0.717) is 0 Å². The summed E-state index contributed by atoms with van der Waals surface area (Å²) in [6.07, 6.45) is 4.85. The summed E-state index contributed by atoms with van der Waals surface area (Å²) in [4.78, 5) is 0. The van der Waals surface area contributed by atoms with E-state index >= 15 is 0 Å². The van der Waals surface area contributed by atoms with Crippen LogP contribution in [0.2, 0.25) is 0 Å². The lowest BCUT2D eigenvalue weighted by molar-refractivity contribution is 0.648. The van der Waals surface area contributed by atoms with Gasteiger partial charge in [-0.05, 0) is 31.4 Å². The van der Waals surface area contributed by atoms with Gasteiger partial charge in [-0.2, -0.15) is 0 Å². The molecule has 0 saturated carbocycles. The van der Waals surface area contributed by atoms with Crippen LogP contribution in [0.1, 0.15) is 33.6 Å². The van der Waals surface area contributed by atoms with E-state index in [1.165, 1.54) is 6.08 Å². The molecular weight excluding hydrogens is 151 g/mol. The van der Waals surface area contributed by atoms with Crippen LogP contribution >= 0.6 is 0 Å². The largest absolute Gasteiger partial charge is 0.207 e. The van der Waals surface area contributed by atoms with Gasteiger partial charge >= 0.3 is 0 Å². The van der Waals surface area contributed by atoms with Crippen molar-refractivity contribution >= 4 is 0 Å². The van der Waals surface area contributed by atoms with E-state index < -0.39 is 0 Å². The number of rotatable bonds is 4. The Morgan fingerprint density at radius 3 is 2.25 bits per heavy atom. The Bertz CT molecular complexity index is 209. The van der Waals surface area contributed by atoms with E-state index in [0.717, 1.165) is 24.0 Å². The van der Waals surface area contributed by atoms with Crippen molar-refractivity contribution in [2.24, 2.45) is 0 Å². The molecule has 0 unspecified atom stereocenters. The zero-order valence-electron chi connectivity index (χ0n) is 8.15. The molecule has 0 saturated heterocycles. The second-order valence-corrected chi connectivity index (χ2v) is 2.83. The van der Waals surface area contributed by atoms with Crippen LogP contribution in [0.5, 0.6) is 0 Å². The summed E-state index contributed by atoms with van der Waals surface area (Å²) in [5.74, 6) is -0.132. The second-order valence-electron chi connectivity index (χ2n) is 2.83. The van der Waals surface area contributed by atoms with Crippen LogP contribution in [0.4, 0.5) is 4.39 Å². The minimum atomic E-state index is -0.132. The summed E-state index contributed by atoms with van der Waals surface area (Å²) < 4.78 is 13.0. The average Bonchev–Trinajstić information content (AvgIpc) is 2.11. The maximum atomic E-state index is 13.0. The molecule has 0 aliphatic heterocycles. The molecule has 0 aliphatic carbocycles. The highest BCUT2D eigenvalue weighted by molar-refractivity contribution is 5.24. The third-order valence-electron chi connectivity index (χ3n) is 1.86. The monoisotopic (exact) mass is 168 g/mol. The Morgan fingerprint density at radius 1 is 1.25 bits per heavy atom. The molecule has 68 valence electrons. The first kappa shape index (κ1) is 11.2. The van der Waals surface area contributed by atoms with Gasteiger partial charge in [0, 0.05) is 0 Å². The van der Waals surface area contributed by atoms with Gasteiger partial charge in [0.1, 0.15) is 5.83 Å². The summed E-state index contributed by atoms with van der Waals surface area (Å²) in [5.41, 5.74) is 1.74. The van der Waals surface area contributed by atoms with Crippen molar-refractivity contribution < 1.29 is 4.39 Å². The lowest BCUT2D eigenvalue weighted by atomic mass is 10.1. The number of hydrogen-bond acceptors (Lipinski definition) is 0. The van der Waals surface area contributed by atoms with Crippen LogP contribution < -0.4 is 0 Å². The topological polar surface area (TPSA) is 0 Å². The number of halogens is 1. The van der Waals surface area contributed by atoms with Crippen molar-refractivity contribution in [1.29, 1.82) is 0 Å². The van der Waals surface area contributed by atoms with Crippen molar-refractivity contribution in [3.8, 4) is 0 Å². The summed E-state index contributed by atoms with van der Waals surface area (Å²) in [6, 6.07) is 0. The van der Waals surface area contributed by atoms with Gasteiger partial charge in [0.2, 0.25) is 0 Å². The van der Waals surface area contributed by atoms with Crippen LogP contribution in [0, 0.1) is 0 Å². The predicted octanol–water partition coefficient (Wildman–Crippen LogP) is 4.16. The third kappa shape index (κ3) is 4.12.